The van der Waals surface area contributed by atoms with Crippen LogP contribution in [0.5, 0.6) is 0 Å². The summed E-state index contributed by atoms with van der Waals surface area (Å²) >= 11 is 20.9. The van der Waals surface area contributed by atoms with E-state index in [1.807, 2.05) is 93.9 Å². The van der Waals surface area contributed by atoms with Gasteiger partial charge in [-0.15, -0.1) is 136 Å². The van der Waals surface area contributed by atoms with Crippen molar-refractivity contribution in [3.8, 4) is 78.0 Å². The number of carbonyl (C=O) groups is 4. The average Bonchev–Trinajstić information content (AvgIpc) is 4.20. The highest BCUT2D eigenvalue weighted by molar-refractivity contribution is 7.29. The molecule has 0 saturated heterocycles. The summed E-state index contributed by atoms with van der Waals surface area (Å²) in [7, 11) is 0. The highest BCUT2D eigenvalue weighted by Gasteiger charge is 2.55. The topological polar surface area (TPSA) is 68.3 Å². The van der Waals surface area contributed by atoms with Gasteiger partial charge in [-0.1, -0.05) is 0 Å². The maximum absolute atomic E-state index is 11.5. The fourth-order valence-corrected chi connectivity index (χ4v) is 22.3. The summed E-state index contributed by atoms with van der Waals surface area (Å²) in [6.07, 6.45) is 3.70. The molecule has 0 unspecified atom stereocenters. The van der Waals surface area contributed by atoms with Crippen LogP contribution < -0.4 is 0 Å². The molecule has 1 aliphatic rings. The predicted molar refractivity (Wildman–Crippen MR) is 316 cm³/mol. The van der Waals surface area contributed by atoms with E-state index in [4.69, 9.17) is 0 Å². The summed E-state index contributed by atoms with van der Waals surface area (Å²) < 4.78 is 0. The molecule has 0 N–H and O–H groups in total. The third-order valence-electron chi connectivity index (χ3n) is 12.7. The first-order valence-electron chi connectivity index (χ1n) is 22.4. The van der Waals surface area contributed by atoms with Gasteiger partial charge in [-0.05, 0) is 146 Å². The van der Waals surface area contributed by atoms with E-state index in [1.165, 1.54) is 123 Å². The van der Waals surface area contributed by atoms with Gasteiger partial charge in [0.15, 0.2) is 25.1 Å². The van der Waals surface area contributed by atoms with Crippen LogP contribution in [0.3, 0.4) is 0 Å². The largest absolute Gasteiger partial charge is 0.297 e. The van der Waals surface area contributed by atoms with E-state index in [0.717, 1.165) is 64.2 Å². The van der Waals surface area contributed by atoms with Crippen molar-refractivity contribution in [2.75, 3.05) is 0 Å². The fraction of sp³-hybridized carbons (Fsp3) is 0.0714. The van der Waals surface area contributed by atoms with Crippen molar-refractivity contribution in [3.05, 3.63) is 185 Å². The lowest BCUT2D eigenvalue weighted by Crippen LogP contribution is -2.38. The first-order valence-corrected chi connectivity index (χ1v) is 32.2. The van der Waals surface area contributed by atoms with Gasteiger partial charge in [-0.3, -0.25) is 19.2 Å². The first kappa shape index (κ1) is 46.8. The van der Waals surface area contributed by atoms with Crippen molar-refractivity contribution in [3.63, 3.8) is 0 Å². The molecule has 72 heavy (non-hydrogen) atoms. The molecule has 4 nitrogen and oxygen atoms in total. The Morgan fingerprint density at radius 2 is 0.347 bits per heavy atom. The summed E-state index contributed by atoms with van der Waals surface area (Å²) in [5.41, 5.74) is 0. The number of carbonyl (C=O) groups excluding carboxylic acids is 4. The Morgan fingerprint density at radius 1 is 0.194 bits per heavy atom. The quantitative estimate of drug-likeness (QED) is 0.0904. The molecule has 12 aromatic heterocycles. The molecule has 0 aliphatic heterocycles. The minimum absolute atomic E-state index is 0.210. The zero-order valence-electron chi connectivity index (χ0n) is 37.0. The Bertz CT molecular complexity index is 3430. The molecule has 13 rings (SSSR count). The first-order chi connectivity index (χ1) is 35.4. The average molecular weight is 1150 g/mol. The van der Waals surface area contributed by atoms with E-state index in [0.29, 0.717) is 0 Å². The number of aldehydes is 4. The van der Waals surface area contributed by atoms with Crippen LogP contribution >= 0.6 is 136 Å². The van der Waals surface area contributed by atoms with Crippen LogP contribution in [0.25, 0.3) is 78.0 Å². The van der Waals surface area contributed by atoms with Gasteiger partial charge in [0.1, 0.15) is 0 Å². The molecule has 0 spiro atoms. The van der Waals surface area contributed by atoms with Gasteiger partial charge in [0.2, 0.25) is 0 Å². The molecule has 12 heterocycles. The van der Waals surface area contributed by atoms with Gasteiger partial charge in [0.25, 0.3) is 0 Å². The zero-order valence-corrected chi connectivity index (χ0v) is 46.8. The van der Waals surface area contributed by atoms with Crippen LogP contribution in [0.2, 0.25) is 0 Å². The highest BCUT2D eigenvalue weighted by Crippen LogP contribution is 2.70. The lowest BCUT2D eigenvalue weighted by atomic mass is 9.54. The summed E-state index contributed by atoms with van der Waals surface area (Å²) in [6.45, 7) is 0. The second-order valence-corrected chi connectivity index (χ2v) is 30.1. The van der Waals surface area contributed by atoms with Crippen molar-refractivity contribution in [1.29, 1.82) is 0 Å². The molecule has 0 aromatic carbocycles. The highest BCUT2D eigenvalue weighted by atomic mass is 32.1. The molecule has 0 amide bonds. The van der Waals surface area contributed by atoms with E-state index in [9.17, 15) is 19.2 Å². The molecule has 1 aliphatic carbocycles. The fourth-order valence-electron chi connectivity index (χ4n) is 9.43. The lowest BCUT2D eigenvalue weighted by Gasteiger charge is -2.51. The van der Waals surface area contributed by atoms with Crippen LogP contribution in [0.4, 0.5) is 0 Å². The SMILES string of the molecule is O=Cc1ccc(-c2ccc(-c3ccc(C4C(c5ccc(-c6ccc(-c7ccc(C=O)s7)s6)s5)C(c5ccc(-c6ccc(-c7ccc(C=O)s7)s6)s5)C4c4ccc(-c5ccc(-c6ccc(C=O)s6)s5)s4)s3)s2)s1. The van der Waals surface area contributed by atoms with Crippen LogP contribution in [-0.2, 0) is 0 Å². The summed E-state index contributed by atoms with van der Waals surface area (Å²) in [5.74, 6) is 0.840. The van der Waals surface area contributed by atoms with Crippen molar-refractivity contribution >= 4 is 161 Å². The molecule has 1 saturated carbocycles. The van der Waals surface area contributed by atoms with Gasteiger partial charge in [-0.2, -0.15) is 0 Å². The number of thiophene rings is 12. The lowest BCUT2D eigenvalue weighted by molar-refractivity contribution is 0.111. The van der Waals surface area contributed by atoms with Gasteiger partial charge >= 0.3 is 0 Å². The monoisotopic (exact) mass is 1150 g/mol. The van der Waals surface area contributed by atoms with E-state index < -0.39 is 0 Å². The second-order valence-electron chi connectivity index (χ2n) is 16.8. The van der Waals surface area contributed by atoms with Crippen LogP contribution in [-0.4, -0.2) is 25.1 Å². The molecular formula is C56H32O4S12. The molecular weight excluding hydrogens is 1120 g/mol. The van der Waals surface area contributed by atoms with Crippen molar-refractivity contribution < 1.29 is 19.2 Å². The Kier molecular flexibility index (Phi) is 12.8. The van der Waals surface area contributed by atoms with Crippen LogP contribution in [0.15, 0.2) is 146 Å². The second kappa shape index (κ2) is 19.7. The summed E-state index contributed by atoms with van der Waals surface area (Å²) in [6, 6.07) is 52.2. The minimum Gasteiger partial charge on any atom is -0.297 e. The molecule has 16 heteroatoms. The Hall–Kier alpha value is -4.92. The normalized spacial score (nSPS) is 16.6. The van der Waals surface area contributed by atoms with E-state index >= 15 is 0 Å². The molecule has 0 bridgehead atoms. The smallest absolute Gasteiger partial charge is 0.160 e. The number of hydrogen-bond acceptors (Lipinski definition) is 16. The van der Waals surface area contributed by atoms with Gasteiger partial charge in [0.05, 0.1) is 19.5 Å². The molecule has 12 aromatic rings. The molecule has 1 fully saturated rings. The Labute approximate surface area is 461 Å². The molecule has 0 radical (unpaired) electrons. The van der Waals surface area contributed by atoms with Crippen LogP contribution in [0.1, 0.15) is 81.9 Å². The maximum atomic E-state index is 11.5. The van der Waals surface area contributed by atoms with Crippen molar-refractivity contribution in [2.45, 2.75) is 23.7 Å². The zero-order chi connectivity index (χ0) is 48.5. The third kappa shape index (κ3) is 8.72. The van der Waals surface area contributed by atoms with Gasteiger partial charge < -0.3 is 0 Å². The number of hydrogen-bond donors (Lipinski definition) is 0. The van der Waals surface area contributed by atoms with Gasteiger partial charge in [-0.25, -0.2) is 0 Å². The predicted octanol–water partition coefficient (Wildman–Crippen LogP) is 20.5. The third-order valence-corrected chi connectivity index (χ3v) is 27.4. The van der Waals surface area contributed by atoms with E-state index in [1.54, 1.807) is 45.3 Å². The van der Waals surface area contributed by atoms with Gasteiger partial charge in [0, 0.05) is 121 Å². The minimum atomic E-state index is 0.210. The van der Waals surface area contributed by atoms with Crippen molar-refractivity contribution in [2.24, 2.45) is 0 Å². The molecule has 352 valence electrons. The maximum Gasteiger partial charge on any atom is 0.160 e. The van der Waals surface area contributed by atoms with Crippen molar-refractivity contribution in [1.82, 2.24) is 0 Å². The summed E-state index contributed by atoms with van der Waals surface area (Å²) in [4.78, 5) is 73.7. The van der Waals surface area contributed by atoms with E-state index in [-0.39, 0.29) is 23.7 Å². The van der Waals surface area contributed by atoms with Crippen LogP contribution in [0, 0.1) is 0 Å². The molecule has 0 atom stereocenters. The van der Waals surface area contributed by atoms with E-state index in [2.05, 4.69) is 97.1 Å². The number of rotatable bonds is 16. The standard InChI is InChI=1S/C56H32O4S12/c57-25-29-1-5-33(61-29)37-9-13-41(65-37)45-17-21-49(69-45)53-54(50-22-18-46(70-50)42-14-10-38(66-42)34-6-2-30(26-58)62-34)56(52-24-20-48(72-52)44-16-12-40(68-44)36-8-4-32(28-60)64-36)55(53)51-23-19-47(71-51)43-15-11-39(67-43)35-7-3-31(27-59)63-35/h1-28,53-56H. The summed E-state index contributed by atoms with van der Waals surface area (Å²) in [5, 5.41) is 0. The Morgan fingerprint density at radius 3 is 0.528 bits per heavy atom. The Balaban J connectivity index is 0.907.